The van der Waals surface area contributed by atoms with E-state index in [2.05, 4.69) is 36.9 Å². The summed E-state index contributed by atoms with van der Waals surface area (Å²) in [6.45, 7) is 7.44. The molecule has 0 amide bonds. The highest BCUT2D eigenvalue weighted by atomic mass is 16.1. The number of rotatable bonds is 3. The third kappa shape index (κ3) is 3.16. The van der Waals surface area contributed by atoms with Crippen molar-refractivity contribution in [2.45, 2.75) is 33.2 Å². The van der Waals surface area contributed by atoms with Gasteiger partial charge in [0.2, 0.25) is 0 Å². The Morgan fingerprint density at radius 2 is 1.94 bits per heavy atom. The number of hydrogen-bond donors (Lipinski definition) is 0. The van der Waals surface area contributed by atoms with E-state index in [4.69, 9.17) is 0 Å². The largest absolute Gasteiger partial charge is 0.303 e. The second-order valence-corrected chi connectivity index (χ2v) is 5.17. The molecule has 1 heterocycles. The van der Waals surface area contributed by atoms with Gasteiger partial charge in [-0.05, 0) is 56.5 Å². The quantitative estimate of drug-likeness (QED) is 0.745. The first-order valence-corrected chi connectivity index (χ1v) is 6.43. The Bertz CT molecular complexity index is 392. The van der Waals surface area contributed by atoms with Gasteiger partial charge in [0.25, 0.3) is 0 Å². The molecule has 92 valence electrons. The van der Waals surface area contributed by atoms with Gasteiger partial charge >= 0.3 is 0 Å². The number of carbonyl (C=O) groups excluding carboxylic acids is 1. The zero-order valence-corrected chi connectivity index (χ0v) is 10.8. The molecule has 0 aromatic heterocycles. The fraction of sp³-hybridized carbons (Fsp3) is 0.533. The number of benzene rings is 1. The van der Waals surface area contributed by atoms with Crippen molar-refractivity contribution in [3.63, 3.8) is 0 Å². The molecule has 0 aliphatic carbocycles. The summed E-state index contributed by atoms with van der Waals surface area (Å²) in [5.41, 5.74) is 4.11. The van der Waals surface area contributed by atoms with Crippen LogP contribution in [0.1, 0.15) is 29.5 Å². The molecule has 2 heteroatoms. The van der Waals surface area contributed by atoms with E-state index in [1.54, 1.807) is 0 Å². The Labute approximate surface area is 104 Å². The van der Waals surface area contributed by atoms with E-state index in [-0.39, 0.29) is 0 Å². The molecule has 0 spiro atoms. The van der Waals surface area contributed by atoms with Gasteiger partial charge in [0.1, 0.15) is 6.29 Å². The van der Waals surface area contributed by atoms with Gasteiger partial charge in [-0.1, -0.05) is 18.2 Å². The molecular formula is C15H21NO. The fourth-order valence-corrected chi connectivity index (χ4v) is 2.41. The number of carbonyl (C=O) groups is 1. The van der Waals surface area contributed by atoms with Crippen molar-refractivity contribution in [3.8, 4) is 0 Å². The second kappa shape index (κ2) is 5.46. The van der Waals surface area contributed by atoms with Crippen LogP contribution in [-0.2, 0) is 11.3 Å². The lowest BCUT2D eigenvalue weighted by Crippen LogP contribution is -2.33. The molecule has 0 atom stereocenters. The zero-order valence-electron chi connectivity index (χ0n) is 10.8. The molecule has 0 bridgehead atoms. The van der Waals surface area contributed by atoms with E-state index in [0.717, 1.165) is 38.8 Å². The normalized spacial score (nSPS) is 18.2. The maximum Gasteiger partial charge on any atom is 0.123 e. The molecule has 0 radical (unpaired) electrons. The van der Waals surface area contributed by atoms with Crippen LogP contribution in [-0.4, -0.2) is 24.3 Å². The smallest absolute Gasteiger partial charge is 0.123 e. The Balaban J connectivity index is 1.93. The van der Waals surface area contributed by atoms with E-state index in [1.165, 1.54) is 16.7 Å². The minimum atomic E-state index is 0.297. The van der Waals surface area contributed by atoms with E-state index in [9.17, 15) is 4.79 Å². The van der Waals surface area contributed by atoms with Crippen LogP contribution in [0.25, 0.3) is 0 Å². The maximum atomic E-state index is 10.7. The minimum absolute atomic E-state index is 0.297. The second-order valence-electron chi connectivity index (χ2n) is 5.17. The molecule has 1 aromatic rings. The van der Waals surface area contributed by atoms with E-state index >= 15 is 0 Å². The molecule has 1 aliphatic heterocycles. The lowest BCUT2D eigenvalue weighted by atomic mass is 9.98. The van der Waals surface area contributed by atoms with Gasteiger partial charge < -0.3 is 4.79 Å². The summed E-state index contributed by atoms with van der Waals surface area (Å²) >= 11 is 0. The van der Waals surface area contributed by atoms with Crippen molar-refractivity contribution < 1.29 is 4.79 Å². The van der Waals surface area contributed by atoms with Gasteiger partial charge in [0.15, 0.2) is 0 Å². The molecule has 1 saturated heterocycles. The summed E-state index contributed by atoms with van der Waals surface area (Å²) in [4.78, 5) is 13.1. The SMILES string of the molecule is Cc1ccc(CN2CCC(C=O)CC2)cc1C. The molecule has 1 aliphatic rings. The van der Waals surface area contributed by atoms with E-state index in [1.807, 2.05) is 0 Å². The first-order valence-electron chi connectivity index (χ1n) is 6.43. The third-order valence-electron chi connectivity index (χ3n) is 3.80. The summed E-state index contributed by atoms with van der Waals surface area (Å²) in [5.74, 6) is 0.297. The van der Waals surface area contributed by atoms with Gasteiger partial charge in [-0.3, -0.25) is 4.90 Å². The lowest BCUT2D eigenvalue weighted by Gasteiger charge is -2.29. The summed E-state index contributed by atoms with van der Waals surface area (Å²) in [5, 5.41) is 0. The first kappa shape index (κ1) is 12.3. The molecule has 17 heavy (non-hydrogen) atoms. The van der Waals surface area contributed by atoms with Crippen molar-refractivity contribution in [1.82, 2.24) is 4.90 Å². The molecule has 1 fully saturated rings. The maximum absolute atomic E-state index is 10.7. The van der Waals surface area contributed by atoms with Crippen molar-refractivity contribution in [2.24, 2.45) is 5.92 Å². The Morgan fingerprint density at radius 3 is 2.53 bits per heavy atom. The van der Waals surface area contributed by atoms with Crippen LogP contribution in [0.5, 0.6) is 0 Å². The summed E-state index contributed by atoms with van der Waals surface area (Å²) < 4.78 is 0. The van der Waals surface area contributed by atoms with Crippen LogP contribution in [0.2, 0.25) is 0 Å². The summed E-state index contributed by atoms with van der Waals surface area (Å²) in [6, 6.07) is 6.69. The molecule has 0 unspecified atom stereocenters. The minimum Gasteiger partial charge on any atom is -0.303 e. The van der Waals surface area contributed by atoms with Crippen LogP contribution in [0.4, 0.5) is 0 Å². The van der Waals surface area contributed by atoms with Crippen LogP contribution in [0.15, 0.2) is 18.2 Å². The standard InChI is InChI=1S/C15H21NO/c1-12-3-4-15(9-13(12)2)10-16-7-5-14(11-17)6-8-16/h3-4,9,11,14H,5-8,10H2,1-2H3. The van der Waals surface area contributed by atoms with Crippen molar-refractivity contribution >= 4 is 6.29 Å². The molecule has 0 saturated carbocycles. The number of aryl methyl sites for hydroxylation is 2. The Morgan fingerprint density at radius 1 is 1.24 bits per heavy atom. The average Bonchev–Trinajstić information content (AvgIpc) is 2.35. The summed E-state index contributed by atoms with van der Waals surface area (Å²) in [7, 11) is 0. The molecular weight excluding hydrogens is 210 g/mol. The topological polar surface area (TPSA) is 20.3 Å². The van der Waals surface area contributed by atoms with Gasteiger partial charge in [-0.2, -0.15) is 0 Å². The van der Waals surface area contributed by atoms with Crippen LogP contribution in [0.3, 0.4) is 0 Å². The van der Waals surface area contributed by atoms with Crippen molar-refractivity contribution in [1.29, 1.82) is 0 Å². The van der Waals surface area contributed by atoms with E-state index < -0.39 is 0 Å². The fourth-order valence-electron chi connectivity index (χ4n) is 2.41. The van der Waals surface area contributed by atoms with Crippen LogP contribution < -0.4 is 0 Å². The molecule has 2 rings (SSSR count). The van der Waals surface area contributed by atoms with Crippen LogP contribution >= 0.6 is 0 Å². The zero-order chi connectivity index (χ0) is 12.3. The van der Waals surface area contributed by atoms with Crippen molar-refractivity contribution in [2.75, 3.05) is 13.1 Å². The molecule has 0 N–H and O–H groups in total. The van der Waals surface area contributed by atoms with Crippen LogP contribution in [0, 0.1) is 19.8 Å². The van der Waals surface area contributed by atoms with Gasteiger partial charge in [-0.25, -0.2) is 0 Å². The predicted molar refractivity (Wildman–Crippen MR) is 70.0 cm³/mol. The van der Waals surface area contributed by atoms with Gasteiger partial charge in [-0.15, -0.1) is 0 Å². The lowest BCUT2D eigenvalue weighted by molar-refractivity contribution is -0.112. The number of hydrogen-bond acceptors (Lipinski definition) is 2. The highest BCUT2D eigenvalue weighted by Gasteiger charge is 2.18. The molecule has 1 aromatic carbocycles. The first-order chi connectivity index (χ1) is 8.19. The monoisotopic (exact) mass is 231 g/mol. The Kier molecular flexibility index (Phi) is 3.95. The van der Waals surface area contributed by atoms with Gasteiger partial charge in [0, 0.05) is 12.5 Å². The highest BCUT2D eigenvalue weighted by Crippen LogP contribution is 2.18. The highest BCUT2D eigenvalue weighted by molar-refractivity contribution is 5.53. The average molecular weight is 231 g/mol. The molecule has 2 nitrogen and oxygen atoms in total. The van der Waals surface area contributed by atoms with E-state index in [0.29, 0.717) is 5.92 Å². The number of nitrogens with zero attached hydrogens (tertiary/aromatic N) is 1. The number of aldehydes is 1. The third-order valence-corrected chi connectivity index (χ3v) is 3.80. The summed E-state index contributed by atoms with van der Waals surface area (Å²) in [6.07, 6.45) is 3.16. The predicted octanol–water partition coefficient (Wildman–Crippen LogP) is 2.71. The van der Waals surface area contributed by atoms with Crippen molar-refractivity contribution in [3.05, 3.63) is 34.9 Å². The number of piperidine rings is 1. The number of likely N-dealkylation sites (tertiary alicyclic amines) is 1. The van der Waals surface area contributed by atoms with Gasteiger partial charge in [0.05, 0.1) is 0 Å². The Hall–Kier alpha value is -1.15.